The number of nitrogens with zero attached hydrogens (tertiary/aromatic N) is 3. The number of hydrogen-bond donors (Lipinski definition) is 1. The first kappa shape index (κ1) is 21.9. The van der Waals surface area contributed by atoms with E-state index in [1.54, 1.807) is 35.8 Å². The van der Waals surface area contributed by atoms with Crippen molar-refractivity contribution in [2.45, 2.75) is 57.7 Å². The maximum absolute atomic E-state index is 13.7. The van der Waals surface area contributed by atoms with Crippen LogP contribution >= 0.6 is 0 Å². The lowest BCUT2D eigenvalue weighted by Gasteiger charge is -2.44. The van der Waals surface area contributed by atoms with Crippen LogP contribution in [0.1, 0.15) is 60.5 Å². The summed E-state index contributed by atoms with van der Waals surface area (Å²) in [5.41, 5.74) is -0.636. The lowest BCUT2D eigenvalue weighted by molar-refractivity contribution is -0.127. The lowest BCUT2D eigenvalue weighted by atomic mass is 9.92. The Labute approximate surface area is 186 Å². The summed E-state index contributed by atoms with van der Waals surface area (Å²) >= 11 is 0. The number of esters is 1. The number of rotatable bonds is 6. The predicted molar refractivity (Wildman–Crippen MR) is 117 cm³/mol. The van der Waals surface area contributed by atoms with Crippen LogP contribution in [0.5, 0.6) is 5.75 Å². The van der Waals surface area contributed by atoms with Gasteiger partial charge in [-0.05, 0) is 51.0 Å². The van der Waals surface area contributed by atoms with Gasteiger partial charge < -0.3 is 19.4 Å². The molecule has 2 heterocycles. The Morgan fingerprint density at radius 3 is 2.53 bits per heavy atom. The van der Waals surface area contributed by atoms with E-state index < -0.39 is 17.4 Å². The normalized spacial score (nSPS) is 20.7. The van der Waals surface area contributed by atoms with E-state index in [1.807, 2.05) is 6.92 Å². The SMILES string of the molecule is CCOc1ccc(N2C(=O)c3c(C(=O)OC)ncn3C[C@@]2(C)C(=O)NC2CCCC2)cc1. The molecule has 2 amide bonds. The van der Waals surface area contributed by atoms with Gasteiger partial charge in [-0.25, -0.2) is 9.78 Å². The molecule has 1 aliphatic carbocycles. The highest BCUT2D eigenvalue weighted by Gasteiger charge is 2.50. The van der Waals surface area contributed by atoms with Crippen molar-refractivity contribution in [2.24, 2.45) is 0 Å². The van der Waals surface area contributed by atoms with Gasteiger partial charge in [-0.15, -0.1) is 0 Å². The van der Waals surface area contributed by atoms with Gasteiger partial charge in [0, 0.05) is 11.7 Å². The second kappa shape index (κ2) is 8.64. The number of hydrogen-bond acceptors (Lipinski definition) is 6. The number of fused-ring (bicyclic) bond motifs is 1. The van der Waals surface area contributed by atoms with E-state index in [9.17, 15) is 14.4 Å². The first-order valence-electron chi connectivity index (χ1n) is 10.9. The molecule has 1 aromatic heterocycles. The average molecular weight is 441 g/mol. The van der Waals surface area contributed by atoms with Crippen molar-refractivity contribution in [2.75, 3.05) is 18.6 Å². The fourth-order valence-electron chi connectivity index (χ4n) is 4.55. The molecule has 0 spiro atoms. The second-order valence-corrected chi connectivity index (χ2v) is 8.36. The second-order valence-electron chi connectivity index (χ2n) is 8.36. The van der Waals surface area contributed by atoms with E-state index in [1.165, 1.54) is 18.3 Å². The number of aromatic nitrogens is 2. The molecule has 0 unspecified atom stereocenters. The molecule has 1 aliphatic heterocycles. The third-order valence-corrected chi connectivity index (χ3v) is 6.18. The third kappa shape index (κ3) is 3.72. The van der Waals surface area contributed by atoms with Crippen molar-refractivity contribution in [3.8, 4) is 5.75 Å². The van der Waals surface area contributed by atoms with Gasteiger partial charge in [0.25, 0.3) is 5.91 Å². The average Bonchev–Trinajstić information content (AvgIpc) is 3.44. The van der Waals surface area contributed by atoms with Gasteiger partial charge in [0.2, 0.25) is 5.91 Å². The minimum absolute atomic E-state index is 0.0633. The van der Waals surface area contributed by atoms with E-state index in [4.69, 9.17) is 9.47 Å². The molecule has 32 heavy (non-hydrogen) atoms. The topological polar surface area (TPSA) is 103 Å². The highest BCUT2D eigenvalue weighted by molar-refractivity contribution is 6.15. The summed E-state index contributed by atoms with van der Waals surface area (Å²) < 4.78 is 11.9. The Bertz CT molecular complexity index is 1030. The minimum Gasteiger partial charge on any atom is -0.494 e. The highest BCUT2D eigenvalue weighted by Crippen LogP contribution is 2.35. The quantitative estimate of drug-likeness (QED) is 0.693. The smallest absolute Gasteiger partial charge is 0.359 e. The summed E-state index contributed by atoms with van der Waals surface area (Å²) in [6.45, 7) is 4.31. The van der Waals surface area contributed by atoms with Gasteiger partial charge in [-0.2, -0.15) is 0 Å². The molecule has 0 radical (unpaired) electrons. The summed E-state index contributed by atoms with van der Waals surface area (Å²) in [7, 11) is 1.24. The molecule has 2 aliphatic rings. The summed E-state index contributed by atoms with van der Waals surface area (Å²) in [5, 5.41) is 3.13. The van der Waals surface area contributed by atoms with Crippen LogP contribution in [0.4, 0.5) is 5.69 Å². The van der Waals surface area contributed by atoms with E-state index in [0.29, 0.717) is 18.0 Å². The van der Waals surface area contributed by atoms with Crippen LogP contribution in [-0.4, -0.2) is 52.6 Å². The molecule has 9 heteroatoms. The number of methoxy groups -OCH3 is 1. The molecular formula is C23H28N4O5. The van der Waals surface area contributed by atoms with Gasteiger partial charge in [0.1, 0.15) is 17.0 Å². The molecule has 1 saturated carbocycles. The summed E-state index contributed by atoms with van der Waals surface area (Å²) in [4.78, 5) is 45.0. The van der Waals surface area contributed by atoms with E-state index in [0.717, 1.165) is 25.7 Å². The number of carbonyl (C=O) groups is 3. The summed E-state index contributed by atoms with van der Waals surface area (Å²) in [6, 6.07) is 7.11. The highest BCUT2D eigenvalue weighted by atomic mass is 16.5. The monoisotopic (exact) mass is 440 g/mol. The van der Waals surface area contributed by atoms with Gasteiger partial charge in [0.15, 0.2) is 5.69 Å². The van der Waals surface area contributed by atoms with Crippen LogP contribution in [-0.2, 0) is 16.1 Å². The molecule has 4 rings (SSSR count). The fourth-order valence-corrected chi connectivity index (χ4v) is 4.55. The van der Waals surface area contributed by atoms with Crippen molar-refractivity contribution in [3.63, 3.8) is 0 Å². The third-order valence-electron chi connectivity index (χ3n) is 6.18. The fraction of sp³-hybridized carbons (Fsp3) is 0.478. The van der Waals surface area contributed by atoms with Crippen LogP contribution in [0, 0.1) is 0 Å². The number of ether oxygens (including phenoxy) is 2. The molecule has 170 valence electrons. The zero-order valence-corrected chi connectivity index (χ0v) is 18.6. The number of carbonyl (C=O) groups excluding carboxylic acids is 3. The van der Waals surface area contributed by atoms with Crippen LogP contribution in [0.2, 0.25) is 0 Å². The molecule has 1 aromatic carbocycles. The first-order chi connectivity index (χ1) is 15.4. The lowest BCUT2D eigenvalue weighted by Crippen LogP contribution is -2.65. The van der Waals surface area contributed by atoms with Crippen molar-refractivity contribution < 1.29 is 23.9 Å². The van der Waals surface area contributed by atoms with Crippen molar-refractivity contribution in [1.82, 2.24) is 14.9 Å². The Hall–Kier alpha value is -3.36. The standard InChI is InChI=1S/C23H28N4O5/c1-4-32-17-11-9-16(10-12-17)27-20(28)19-18(21(29)31-3)24-14-26(19)13-23(27,2)22(30)25-15-7-5-6-8-15/h9-12,14-15H,4-8,13H2,1-3H3,(H,25,30)/t23-/m0/s1. The summed E-state index contributed by atoms with van der Waals surface area (Å²) in [6.07, 6.45) is 5.44. The number of amides is 2. The first-order valence-corrected chi connectivity index (χ1v) is 10.9. The molecule has 1 fully saturated rings. The van der Waals surface area contributed by atoms with Crippen molar-refractivity contribution in [1.29, 1.82) is 0 Å². The molecule has 0 bridgehead atoms. The number of nitrogens with one attached hydrogen (secondary N) is 1. The van der Waals surface area contributed by atoms with Crippen molar-refractivity contribution in [3.05, 3.63) is 42.0 Å². The molecule has 9 nitrogen and oxygen atoms in total. The van der Waals surface area contributed by atoms with Crippen LogP contribution in [0.25, 0.3) is 0 Å². The van der Waals surface area contributed by atoms with E-state index in [2.05, 4.69) is 10.3 Å². The van der Waals surface area contributed by atoms with Gasteiger partial charge >= 0.3 is 5.97 Å². The maximum atomic E-state index is 13.7. The van der Waals surface area contributed by atoms with Gasteiger partial charge in [-0.1, -0.05) is 12.8 Å². The summed E-state index contributed by atoms with van der Waals surface area (Å²) in [5.74, 6) is -0.746. The minimum atomic E-state index is -1.21. The number of imidazole rings is 1. The Morgan fingerprint density at radius 1 is 1.22 bits per heavy atom. The largest absolute Gasteiger partial charge is 0.494 e. The van der Waals surface area contributed by atoms with Crippen LogP contribution in [0.15, 0.2) is 30.6 Å². The Kier molecular flexibility index (Phi) is 5.90. The molecule has 0 saturated heterocycles. The van der Waals surface area contributed by atoms with E-state index in [-0.39, 0.29) is 29.9 Å². The molecular weight excluding hydrogens is 412 g/mol. The van der Waals surface area contributed by atoms with Gasteiger partial charge in [0.05, 0.1) is 26.6 Å². The van der Waals surface area contributed by atoms with Crippen molar-refractivity contribution >= 4 is 23.5 Å². The zero-order valence-electron chi connectivity index (χ0n) is 18.6. The zero-order chi connectivity index (χ0) is 22.9. The van der Waals surface area contributed by atoms with Crippen LogP contribution in [0.3, 0.4) is 0 Å². The Balaban J connectivity index is 1.77. The maximum Gasteiger partial charge on any atom is 0.359 e. The number of benzene rings is 1. The predicted octanol–water partition coefficient (Wildman–Crippen LogP) is 2.55. The molecule has 2 aromatic rings. The number of anilines is 1. The molecule has 1 N–H and O–H groups in total. The van der Waals surface area contributed by atoms with Gasteiger partial charge in [-0.3, -0.25) is 14.5 Å². The molecule has 1 atom stereocenters. The van der Waals surface area contributed by atoms with E-state index >= 15 is 0 Å². The Morgan fingerprint density at radius 2 is 1.91 bits per heavy atom. The van der Waals surface area contributed by atoms with Crippen LogP contribution < -0.4 is 15.0 Å².